The zero-order chi connectivity index (χ0) is 20.6. The fraction of sp³-hybridized carbons (Fsp3) is 0.381. The lowest BCUT2D eigenvalue weighted by Crippen LogP contribution is -2.26. The molecule has 1 aromatic carbocycles. The van der Waals surface area contributed by atoms with Crippen molar-refractivity contribution in [1.29, 1.82) is 0 Å². The standard InChI is InChI=1S/C21H21ClFNO3S/c1-11(21(26)27-3)8-19(28)15-9-18(17(23)10-16(15)22)24-12(2)13-6-4-5-7-14(13)20(24)25/h9-11H,2,4-8H2,1,3H3. The topological polar surface area (TPSA) is 46.6 Å². The quantitative estimate of drug-likeness (QED) is 0.375. The van der Waals surface area contributed by atoms with E-state index >= 15 is 0 Å². The smallest absolute Gasteiger partial charge is 0.308 e. The minimum absolute atomic E-state index is 0.0804. The molecule has 0 radical (unpaired) electrons. The number of halogens is 2. The summed E-state index contributed by atoms with van der Waals surface area (Å²) in [6.07, 6.45) is 3.61. The Bertz CT molecular complexity index is 896. The number of amides is 1. The van der Waals surface area contributed by atoms with Gasteiger partial charge in [0.2, 0.25) is 0 Å². The molecule has 0 saturated carbocycles. The Balaban J connectivity index is 1.95. The summed E-state index contributed by atoms with van der Waals surface area (Å²) in [6.45, 7) is 5.72. The normalized spacial score (nSPS) is 17.6. The Labute approximate surface area is 174 Å². The van der Waals surface area contributed by atoms with Gasteiger partial charge in [0.1, 0.15) is 5.82 Å². The SMILES string of the molecule is C=C1C2=C(CCCC2)C(=O)N1c1cc(C(=S)CC(C)C(=O)OC)c(Cl)cc1F. The highest BCUT2D eigenvalue weighted by Crippen LogP contribution is 2.42. The molecule has 0 saturated heterocycles. The van der Waals surface area contributed by atoms with Crippen LogP contribution in [0.2, 0.25) is 5.02 Å². The van der Waals surface area contributed by atoms with Crippen LogP contribution in [0.25, 0.3) is 0 Å². The van der Waals surface area contributed by atoms with Crippen LogP contribution in [0, 0.1) is 11.7 Å². The van der Waals surface area contributed by atoms with E-state index in [-0.39, 0.29) is 29.0 Å². The second-order valence-corrected chi connectivity index (χ2v) is 7.99. The molecule has 4 nitrogen and oxygen atoms in total. The monoisotopic (exact) mass is 421 g/mol. The minimum atomic E-state index is -0.619. The third-order valence-corrected chi connectivity index (χ3v) is 5.92. The van der Waals surface area contributed by atoms with Gasteiger partial charge < -0.3 is 4.74 Å². The van der Waals surface area contributed by atoms with Crippen LogP contribution >= 0.6 is 23.8 Å². The predicted molar refractivity (Wildman–Crippen MR) is 111 cm³/mol. The van der Waals surface area contributed by atoms with Gasteiger partial charge in [-0.1, -0.05) is 37.3 Å². The van der Waals surface area contributed by atoms with Crippen molar-refractivity contribution in [2.75, 3.05) is 12.0 Å². The Morgan fingerprint density at radius 3 is 2.61 bits per heavy atom. The van der Waals surface area contributed by atoms with E-state index in [9.17, 15) is 14.0 Å². The van der Waals surface area contributed by atoms with Crippen molar-refractivity contribution in [2.45, 2.75) is 39.0 Å². The second-order valence-electron chi connectivity index (χ2n) is 7.09. The average molecular weight is 422 g/mol. The first kappa shape index (κ1) is 20.7. The summed E-state index contributed by atoms with van der Waals surface area (Å²) in [5.41, 5.74) is 2.65. The number of hydrogen-bond acceptors (Lipinski definition) is 4. The van der Waals surface area contributed by atoms with Crippen LogP contribution in [-0.4, -0.2) is 23.9 Å². The summed E-state index contributed by atoms with van der Waals surface area (Å²) in [6, 6.07) is 2.63. The fourth-order valence-corrected chi connectivity index (χ4v) is 4.44. The lowest BCUT2D eigenvalue weighted by atomic mass is 9.93. The third kappa shape index (κ3) is 3.63. The first-order valence-corrected chi connectivity index (χ1v) is 9.90. The highest BCUT2D eigenvalue weighted by Gasteiger charge is 2.37. The van der Waals surface area contributed by atoms with Crippen LogP contribution in [0.15, 0.2) is 35.6 Å². The van der Waals surface area contributed by atoms with E-state index in [1.807, 2.05) is 0 Å². The molecule has 0 bridgehead atoms. The highest BCUT2D eigenvalue weighted by molar-refractivity contribution is 7.80. The molecule has 28 heavy (non-hydrogen) atoms. The number of esters is 1. The maximum Gasteiger partial charge on any atom is 0.308 e. The van der Waals surface area contributed by atoms with Crippen LogP contribution in [0.4, 0.5) is 10.1 Å². The van der Waals surface area contributed by atoms with Crippen LogP contribution in [-0.2, 0) is 14.3 Å². The number of anilines is 1. The van der Waals surface area contributed by atoms with Crippen molar-refractivity contribution < 1.29 is 18.7 Å². The van der Waals surface area contributed by atoms with Gasteiger partial charge in [0.15, 0.2) is 0 Å². The van der Waals surface area contributed by atoms with Crippen molar-refractivity contribution in [1.82, 2.24) is 0 Å². The van der Waals surface area contributed by atoms with Gasteiger partial charge in [0, 0.05) is 21.7 Å². The second kappa shape index (κ2) is 8.13. The van der Waals surface area contributed by atoms with Crippen molar-refractivity contribution in [3.63, 3.8) is 0 Å². The molecule has 7 heteroatoms. The molecule has 1 amide bonds. The number of carbonyl (C=O) groups is 2. The van der Waals surface area contributed by atoms with Crippen LogP contribution in [0.1, 0.15) is 44.6 Å². The molecule has 3 rings (SSSR count). The largest absolute Gasteiger partial charge is 0.469 e. The molecule has 0 aromatic heterocycles. The van der Waals surface area contributed by atoms with E-state index in [0.717, 1.165) is 30.9 Å². The van der Waals surface area contributed by atoms with E-state index in [2.05, 4.69) is 6.58 Å². The summed E-state index contributed by atoms with van der Waals surface area (Å²) in [5.74, 6) is -1.70. The maximum absolute atomic E-state index is 14.8. The van der Waals surface area contributed by atoms with Crippen LogP contribution in [0.5, 0.6) is 0 Å². The van der Waals surface area contributed by atoms with Gasteiger partial charge in [0.25, 0.3) is 5.91 Å². The van der Waals surface area contributed by atoms with Gasteiger partial charge in [0.05, 0.1) is 23.7 Å². The van der Waals surface area contributed by atoms with Gasteiger partial charge in [-0.25, -0.2) is 4.39 Å². The van der Waals surface area contributed by atoms with Gasteiger partial charge in [-0.05, 0) is 49.8 Å². The van der Waals surface area contributed by atoms with E-state index in [1.54, 1.807) is 6.92 Å². The van der Waals surface area contributed by atoms with Crippen LogP contribution in [0.3, 0.4) is 0 Å². The first-order chi connectivity index (χ1) is 13.3. The Morgan fingerprint density at radius 2 is 2.00 bits per heavy atom. The molecular formula is C21H21ClFNO3S. The zero-order valence-corrected chi connectivity index (χ0v) is 17.4. The van der Waals surface area contributed by atoms with E-state index in [1.165, 1.54) is 18.1 Å². The van der Waals surface area contributed by atoms with Gasteiger partial charge in [-0.2, -0.15) is 0 Å². The number of hydrogen-bond donors (Lipinski definition) is 0. The molecule has 1 atom stereocenters. The number of thiocarbonyl (C=S) groups is 1. The molecule has 148 valence electrons. The molecular weight excluding hydrogens is 401 g/mol. The van der Waals surface area contributed by atoms with Crippen molar-refractivity contribution in [3.05, 3.63) is 52.0 Å². The molecule has 1 heterocycles. The van der Waals surface area contributed by atoms with E-state index in [0.29, 0.717) is 28.1 Å². The molecule has 0 N–H and O–H groups in total. The Kier molecular flexibility index (Phi) is 6.01. The lowest BCUT2D eigenvalue weighted by molar-refractivity contribution is -0.144. The van der Waals surface area contributed by atoms with Gasteiger partial charge in [-0.15, -0.1) is 0 Å². The number of benzene rings is 1. The third-order valence-electron chi connectivity index (χ3n) is 5.22. The van der Waals surface area contributed by atoms with Crippen molar-refractivity contribution in [2.24, 2.45) is 5.92 Å². The number of allylic oxidation sites excluding steroid dienone is 1. The first-order valence-electron chi connectivity index (χ1n) is 9.12. The maximum atomic E-state index is 14.8. The number of rotatable bonds is 5. The highest BCUT2D eigenvalue weighted by atomic mass is 35.5. The summed E-state index contributed by atoms with van der Waals surface area (Å²) in [7, 11) is 1.31. The van der Waals surface area contributed by atoms with E-state index < -0.39 is 11.7 Å². The molecule has 1 aliphatic heterocycles. The number of ether oxygens (including phenoxy) is 1. The molecule has 2 aliphatic rings. The predicted octanol–water partition coefficient (Wildman–Crippen LogP) is 5.13. The summed E-state index contributed by atoms with van der Waals surface area (Å²) in [5, 5.41) is 0.137. The minimum Gasteiger partial charge on any atom is -0.469 e. The summed E-state index contributed by atoms with van der Waals surface area (Å²) in [4.78, 5) is 26.3. The lowest BCUT2D eigenvalue weighted by Gasteiger charge is -2.21. The summed E-state index contributed by atoms with van der Waals surface area (Å²) < 4.78 is 19.5. The van der Waals surface area contributed by atoms with Crippen LogP contribution < -0.4 is 4.90 Å². The average Bonchev–Trinajstić information content (AvgIpc) is 2.92. The molecule has 0 fully saturated rings. The molecule has 1 aliphatic carbocycles. The molecule has 0 spiro atoms. The van der Waals surface area contributed by atoms with E-state index in [4.69, 9.17) is 28.6 Å². The Morgan fingerprint density at radius 1 is 1.36 bits per heavy atom. The fourth-order valence-electron chi connectivity index (χ4n) is 3.70. The number of methoxy groups -OCH3 is 1. The molecule has 1 unspecified atom stereocenters. The number of nitrogens with zero attached hydrogens (tertiary/aromatic N) is 1. The van der Waals surface area contributed by atoms with Gasteiger partial charge in [-0.3, -0.25) is 14.5 Å². The van der Waals surface area contributed by atoms with Crippen molar-refractivity contribution >= 4 is 46.2 Å². The summed E-state index contributed by atoms with van der Waals surface area (Å²) >= 11 is 11.7. The Hall–Kier alpha value is -2.05. The zero-order valence-electron chi connectivity index (χ0n) is 15.8. The van der Waals surface area contributed by atoms with Gasteiger partial charge >= 0.3 is 5.97 Å². The van der Waals surface area contributed by atoms with Crippen molar-refractivity contribution in [3.8, 4) is 0 Å². The molecule has 1 aromatic rings. The number of carbonyl (C=O) groups excluding carboxylic acids is 2.